The fraction of sp³-hybridized carbons (Fsp3) is 0.143. The van der Waals surface area contributed by atoms with Crippen molar-refractivity contribution in [2.45, 2.75) is 20.1 Å². The van der Waals surface area contributed by atoms with Gasteiger partial charge in [-0.2, -0.15) is 5.10 Å². The molecule has 148 valence electrons. The van der Waals surface area contributed by atoms with Crippen molar-refractivity contribution >= 4 is 23.4 Å². The number of amides is 1. The molecule has 1 amide bonds. The summed E-state index contributed by atoms with van der Waals surface area (Å²) in [6.45, 7) is 2.30. The molecule has 3 rings (SSSR count). The maximum Gasteiger partial charge on any atom is 0.270 e. The first-order valence-electron chi connectivity index (χ1n) is 9.01. The molecule has 2 aromatic carbocycles. The Labute approximate surface area is 167 Å². The Hall–Kier alpha value is -3.94. The lowest BCUT2D eigenvalue weighted by molar-refractivity contribution is -0.384. The molecular formula is C21H20N4O4. The van der Waals surface area contributed by atoms with Crippen LogP contribution in [0.2, 0.25) is 0 Å². The number of non-ortho nitro benzene ring substituents is 1. The van der Waals surface area contributed by atoms with Crippen LogP contribution in [-0.2, 0) is 17.9 Å². The molecule has 0 bridgehead atoms. The minimum atomic E-state index is -0.480. The summed E-state index contributed by atoms with van der Waals surface area (Å²) in [6, 6.07) is 13.9. The standard InChI is InChI=1S/C21H20N4O4/c1-2-16-6-9-20(10-7-16)29-15-24-14-18(13-22-24)23-21(26)11-8-17-4-3-5-19(12-17)25(27)28/h3-14H,2,15H2,1H3,(H,23,26)/b11-8+. The summed E-state index contributed by atoms with van der Waals surface area (Å²) in [4.78, 5) is 22.4. The number of rotatable bonds is 8. The Morgan fingerprint density at radius 1 is 1.28 bits per heavy atom. The maximum atomic E-state index is 12.1. The van der Waals surface area contributed by atoms with Gasteiger partial charge in [-0.25, -0.2) is 4.68 Å². The lowest BCUT2D eigenvalue weighted by atomic mass is 10.2. The van der Waals surface area contributed by atoms with Crippen LogP contribution in [-0.4, -0.2) is 20.6 Å². The fourth-order valence-electron chi connectivity index (χ4n) is 2.56. The molecule has 0 saturated heterocycles. The van der Waals surface area contributed by atoms with Gasteiger partial charge in [0, 0.05) is 18.2 Å². The van der Waals surface area contributed by atoms with Crippen molar-refractivity contribution in [2.75, 3.05) is 5.32 Å². The topological polar surface area (TPSA) is 99.3 Å². The van der Waals surface area contributed by atoms with Crippen LogP contribution >= 0.6 is 0 Å². The Morgan fingerprint density at radius 3 is 2.79 bits per heavy atom. The highest BCUT2D eigenvalue weighted by molar-refractivity contribution is 6.01. The number of benzene rings is 2. The van der Waals surface area contributed by atoms with Gasteiger partial charge in [0.2, 0.25) is 5.91 Å². The second-order valence-corrected chi connectivity index (χ2v) is 6.21. The summed E-state index contributed by atoms with van der Waals surface area (Å²) in [5.74, 6) is 0.371. The Kier molecular flexibility index (Phi) is 6.36. The molecule has 0 radical (unpaired) electrons. The number of aromatic nitrogens is 2. The lowest BCUT2D eigenvalue weighted by Gasteiger charge is -2.06. The molecule has 3 aromatic rings. The van der Waals surface area contributed by atoms with Gasteiger partial charge in [0.25, 0.3) is 5.69 Å². The summed E-state index contributed by atoms with van der Waals surface area (Å²) in [7, 11) is 0. The van der Waals surface area contributed by atoms with E-state index in [0.29, 0.717) is 11.3 Å². The van der Waals surface area contributed by atoms with Crippen LogP contribution in [0.1, 0.15) is 18.1 Å². The van der Waals surface area contributed by atoms with Gasteiger partial charge in [-0.05, 0) is 35.8 Å². The number of nitro groups is 1. The summed E-state index contributed by atoms with van der Waals surface area (Å²) < 4.78 is 7.23. The average molecular weight is 392 g/mol. The van der Waals surface area contributed by atoms with Crippen molar-refractivity contribution in [2.24, 2.45) is 0 Å². The molecule has 0 fully saturated rings. The van der Waals surface area contributed by atoms with Crippen molar-refractivity contribution in [3.05, 3.63) is 88.2 Å². The van der Waals surface area contributed by atoms with Gasteiger partial charge in [0.1, 0.15) is 5.75 Å². The van der Waals surface area contributed by atoms with Gasteiger partial charge in [-0.3, -0.25) is 14.9 Å². The summed E-state index contributed by atoms with van der Waals surface area (Å²) in [5.41, 5.74) is 2.29. The molecule has 8 nitrogen and oxygen atoms in total. The molecule has 1 N–H and O–H groups in total. The number of ether oxygens (including phenoxy) is 1. The summed E-state index contributed by atoms with van der Waals surface area (Å²) in [6.07, 6.45) is 6.96. The second kappa shape index (κ2) is 9.32. The molecule has 0 aliphatic carbocycles. The zero-order valence-electron chi connectivity index (χ0n) is 15.8. The molecule has 0 aliphatic heterocycles. The van der Waals surface area contributed by atoms with E-state index in [1.807, 2.05) is 24.3 Å². The number of anilines is 1. The molecule has 0 atom stereocenters. The van der Waals surface area contributed by atoms with Crippen LogP contribution in [0.15, 0.2) is 67.0 Å². The monoisotopic (exact) mass is 392 g/mol. The van der Waals surface area contributed by atoms with Crippen LogP contribution < -0.4 is 10.1 Å². The predicted molar refractivity (Wildman–Crippen MR) is 109 cm³/mol. The minimum absolute atomic E-state index is 0.0295. The number of nitro benzene ring substituents is 1. The Balaban J connectivity index is 1.53. The van der Waals surface area contributed by atoms with Crippen molar-refractivity contribution in [1.29, 1.82) is 0 Å². The number of nitrogens with zero attached hydrogens (tertiary/aromatic N) is 3. The van der Waals surface area contributed by atoms with Crippen molar-refractivity contribution < 1.29 is 14.5 Å². The quantitative estimate of drug-likeness (QED) is 0.354. The number of hydrogen-bond donors (Lipinski definition) is 1. The molecule has 29 heavy (non-hydrogen) atoms. The zero-order valence-corrected chi connectivity index (χ0v) is 15.8. The average Bonchev–Trinajstić information content (AvgIpc) is 3.18. The van der Waals surface area contributed by atoms with E-state index in [0.717, 1.165) is 12.2 Å². The highest BCUT2D eigenvalue weighted by Gasteiger charge is 2.05. The molecular weight excluding hydrogens is 372 g/mol. The zero-order chi connectivity index (χ0) is 20.6. The van der Waals surface area contributed by atoms with Crippen LogP contribution in [0.4, 0.5) is 11.4 Å². The van der Waals surface area contributed by atoms with Crippen LogP contribution in [0.5, 0.6) is 5.75 Å². The van der Waals surface area contributed by atoms with Gasteiger partial charge < -0.3 is 10.1 Å². The molecule has 0 unspecified atom stereocenters. The lowest BCUT2D eigenvalue weighted by Crippen LogP contribution is -2.08. The number of hydrogen-bond acceptors (Lipinski definition) is 5. The van der Waals surface area contributed by atoms with E-state index >= 15 is 0 Å². The van der Waals surface area contributed by atoms with Gasteiger partial charge in [-0.15, -0.1) is 0 Å². The Bertz CT molecular complexity index is 1030. The van der Waals surface area contributed by atoms with E-state index in [1.165, 1.54) is 36.0 Å². The Morgan fingerprint density at radius 2 is 2.07 bits per heavy atom. The van der Waals surface area contributed by atoms with Gasteiger partial charge in [0.05, 0.1) is 23.0 Å². The predicted octanol–water partition coefficient (Wildman–Crippen LogP) is 4.04. The van der Waals surface area contributed by atoms with Gasteiger partial charge in [-0.1, -0.05) is 31.2 Å². The van der Waals surface area contributed by atoms with Crippen molar-refractivity contribution in [1.82, 2.24) is 9.78 Å². The highest BCUT2D eigenvalue weighted by atomic mass is 16.6. The summed E-state index contributed by atoms with van der Waals surface area (Å²) in [5, 5.41) is 17.6. The molecule has 1 aromatic heterocycles. The van der Waals surface area contributed by atoms with Crippen molar-refractivity contribution in [3.8, 4) is 5.75 Å². The van der Waals surface area contributed by atoms with Gasteiger partial charge in [0.15, 0.2) is 6.73 Å². The normalized spacial score (nSPS) is 10.8. The molecule has 8 heteroatoms. The molecule has 1 heterocycles. The number of carbonyl (C=O) groups is 1. The minimum Gasteiger partial charge on any atom is -0.471 e. The van der Waals surface area contributed by atoms with Crippen LogP contribution in [0.3, 0.4) is 0 Å². The number of nitrogens with one attached hydrogen (secondary N) is 1. The molecule has 0 spiro atoms. The second-order valence-electron chi connectivity index (χ2n) is 6.21. The maximum absolute atomic E-state index is 12.1. The van der Waals surface area contributed by atoms with E-state index in [4.69, 9.17) is 4.74 Å². The third kappa shape index (κ3) is 5.77. The van der Waals surface area contributed by atoms with Gasteiger partial charge >= 0.3 is 0 Å². The largest absolute Gasteiger partial charge is 0.471 e. The van der Waals surface area contributed by atoms with Crippen LogP contribution in [0, 0.1) is 10.1 Å². The smallest absolute Gasteiger partial charge is 0.270 e. The summed E-state index contributed by atoms with van der Waals surface area (Å²) >= 11 is 0. The van der Waals surface area contributed by atoms with E-state index in [2.05, 4.69) is 17.3 Å². The van der Waals surface area contributed by atoms with Crippen molar-refractivity contribution in [3.63, 3.8) is 0 Å². The first-order valence-corrected chi connectivity index (χ1v) is 9.01. The first-order chi connectivity index (χ1) is 14.0. The highest BCUT2D eigenvalue weighted by Crippen LogP contribution is 2.15. The first kappa shape index (κ1) is 19.8. The van der Waals surface area contributed by atoms with Crippen LogP contribution in [0.25, 0.3) is 6.08 Å². The molecule has 0 saturated carbocycles. The third-order valence-electron chi connectivity index (χ3n) is 4.10. The van der Waals surface area contributed by atoms with E-state index in [-0.39, 0.29) is 18.3 Å². The number of carbonyl (C=O) groups excluding carboxylic acids is 1. The van der Waals surface area contributed by atoms with E-state index in [9.17, 15) is 14.9 Å². The SMILES string of the molecule is CCc1ccc(OCn2cc(NC(=O)/C=C/c3cccc([N+](=O)[O-])c3)cn2)cc1. The molecule has 0 aliphatic rings. The third-order valence-corrected chi connectivity index (χ3v) is 4.10. The van der Waals surface area contributed by atoms with E-state index < -0.39 is 4.92 Å². The fourth-order valence-corrected chi connectivity index (χ4v) is 2.56. The number of aryl methyl sites for hydroxylation is 1. The van der Waals surface area contributed by atoms with E-state index in [1.54, 1.807) is 23.0 Å².